The van der Waals surface area contributed by atoms with E-state index in [-0.39, 0.29) is 17.4 Å². The molecule has 5 nitrogen and oxygen atoms in total. The van der Waals surface area contributed by atoms with Crippen molar-refractivity contribution in [3.63, 3.8) is 0 Å². The minimum Gasteiger partial charge on any atom is -0.340 e. The van der Waals surface area contributed by atoms with Crippen molar-refractivity contribution in [3.8, 4) is 0 Å². The highest BCUT2D eigenvalue weighted by Crippen LogP contribution is 2.35. The summed E-state index contributed by atoms with van der Waals surface area (Å²) in [5.74, 6) is -1.49. The lowest BCUT2D eigenvalue weighted by molar-refractivity contribution is -0.120. The summed E-state index contributed by atoms with van der Waals surface area (Å²) in [7, 11) is 0. The minimum absolute atomic E-state index is 0.0984. The van der Waals surface area contributed by atoms with Crippen molar-refractivity contribution in [2.45, 2.75) is 39.7 Å². The van der Waals surface area contributed by atoms with Gasteiger partial charge >= 0.3 is 0 Å². The van der Waals surface area contributed by atoms with Crippen LogP contribution < -0.4 is 10.2 Å². The number of carbonyl (C=O) groups is 2. The summed E-state index contributed by atoms with van der Waals surface area (Å²) < 4.78 is 15.2. The van der Waals surface area contributed by atoms with E-state index in [0.29, 0.717) is 16.7 Å². The van der Waals surface area contributed by atoms with E-state index in [1.54, 1.807) is 11.0 Å². The molecule has 0 saturated carbocycles. The molecule has 35 heavy (non-hydrogen) atoms. The van der Waals surface area contributed by atoms with Gasteiger partial charge in [0.05, 0.1) is 21.5 Å². The predicted molar refractivity (Wildman–Crippen MR) is 140 cm³/mol. The summed E-state index contributed by atoms with van der Waals surface area (Å²) in [6.07, 6.45) is 0. The van der Waals surface area contributed by atoms with E-state index >= 15 is 0 Å². The van der Waals surface area contributed by atoms with Crippen molar-refractivity contribution in [1.29, 1.82) is 0 Å². The first kappa shape index (κ1) is 24.5. The fraction of sp³-hybridized carbons (Fsp3) is 0.250. The minimum atomic E-state index is -0.890. The van der Waals surface area contributed by atoms with Gasteiger partial charge in [-0.15, -0.1) is 0 Å². The van der Waals surface area contributed by atoms with Crippen LogP contribution in [0, 0.1) is 11.7 Å². The van der Waals surface area contributed by atoms with E-state index in [9.17, 15) is 14.0 Å². The highest BCUT2D eigenvalue weighted by atomic mass is 32.1. The molecule has 0 spiro atoms. The number of hydrogen-bond acceptors (Lipinski definition) is 4. The zero-order valence-corrected chi connectivity index (χ0v) is 21.0. The van der Waals surface area contributed by atoms with Gasteiger partial charge in [-0.1, -0.05) is 75.4 Å². The normalized spacial score (nSPS) is 12.2. The van der Waals surface area contributed by atoms with Crippen molar-refractivity contribution in [3.05, 3.63) is 89.7 Å². The molecule has 0 fully saturated rings. The predicted octanol–water partition coefficient (Wildman–Crippen LogP) is 6.68. The zero-order chi connectivity index (χ0) is 25.1. The maximum absolute atomic E-state index is 14.2. The largest absolute Gasteiger partial charge is 0.340 e. The highest BCUT2D eigenvalue weighted by Gasteiger charge is 2.33. The average Bonchev–Trinajstić information content (AvgIpc) is 3.26. The van der Waals surface area contributed by atoms with Crippen molar-refractivity contribution in [2.75, 3.05) is 4.90 Å². The number of hydrogen-bond donors (Lipinski definition) is 1. The van der Waals surface area contributed by atoms with Crippen LogP contribution in [0.25, 0.3) is 10.2 Å². The van der Waals surface area contributed by atoms with Gasteiger partial charge in [0.1, 0.15) is 11.9 Å². The van der Waals surface area contributed by atoms with Crippen molar-refractivity contribution < 1.29 is 14.0 Å². The molecule has 0 aliphatic carbocycles. The number of rotatable bonds is 7. The number of carbonyl (C=O) groups excluding carboxylic acids is 2. The Morgan fingerprint density at radius 3 is 2.20 bits per heavy atom. The Morgan fingerprint density at radius 2 is 1.57 bits per heavy atom. The Morgan fingerprint density at radius 1 is 0.914 bits per heavy atom. The molecule has 1 N–H and O–H groups in total. The van der Waals surface area contributed by atoms with Gasteiger partial charge in [-0.2, -0.15) is 0 Å². The summed E-state index contributed by atoms with van der Waals surface area (Å²) in [5.41, 5.74) is 2.50. The Kier molecular flexibility index (Phi) is 7.26. The summed E-state index contributed by atoms with van der Waals surface area (Å²) in [6.45, 7) is 7.92. The molecule has 1 aromatic heterocycles. The average molecular weight is 490 g/mol. The zero-order valence-electron chi connectivity index (χ0n) is 20.2. The molecule has 0 aliphatic rings. The van der Waals surface area contributed by atoms with Crippen LogP contribution in [-0.2, 0) is 4.79 Å². The molecule has 1 heterocycles. The summed E-state index contributed by atoms with van der Waals surface area (Å²) in [4.78, 5) is 33.2. The number of nitrogens with one attached hydrogen (secondary N) is 1. The fourth-order valence-corrected chi connectivity index (χ4v) is 4.81. The Bertz CT molecular complexity index is 1310. The van der Waals surface area contributed by atoms with Crippen LogP contribution in [0.4, 0.5) is 15.2 Å². The van der Waals surface area contributed by atoms with Gasteiger partial charge < -0.3 is 5.32 Å². The molecular weight excluding hydrogens is 461 g/mol. The third kappa shape index (κ3) is 5.25. The monoisotopic (exact) mass is 489 g/mol. The number of fused-ring (bicyclic) bond motifs is 1. The van der Waals surface area contributed by atoms with Crippen molar-refractivity contribution in [1.82, 2.24) is 10.3 Å². The smallest absolute Gasteiger partial charge is 0.256 e. The summed E-state index contributed by atoms with van der Waals surface area (Å²) >= 11 is 1.41. The summed E-state index contributed by atoms with van der Waals surface area (Å²) in [5, 5.41) is 3.28. The molecule has 180 valence electrons. The second kappa shape index (κ2) is 10.4. The van der Waals surface area contributed by atoms with E-state index in [0.717, 1.165) is 15.8 Å². The Balaban J connectivity index is 1.74. The van der Waals surface area contributed by atoms with Crippen LogP contribution in [-0.4, -0.2) is 22.8 Å². The van der Waals surface area contributed by atoms with Crippen LogP contribution in [0.3, 0.4) is 0 Å². The topological polar surface area (TPSA) is 62.3 Å². The molecule has 4 rings (SSSR count). The van der Waals surface area contributed by atoms with Gasteiger partial charge in [0.2, 0.25) is 0 Å². The van der Waals surface area contributed by atoms with E-state index in [1.807, 2.05) is 62.4 Å². The van der Waals surface area contributed by atoms with Crippen LogP contribution in [0.1, 0.15) is 49.5 Å². The van der Waals surface area contributed by atoms with Gasteiger partial charge in [0.25, 0.3) is 11.8 Å². The molecule has 0 saturated heterocycles. The molecule has 1 unspecified atom stereocenters. The maximum atomic E-state index is 14.2. The summed E-state index contributed by atoms with van der Waals surface area (Å²) in [6, 6.07) is 20.3. The van der Waals surface area contributed by atoms with Crippen molar-refractivity contribution >= 4 is 44.2 Å². The molecule has 1 atom stereocenters. The van der Waals surface area contributed by atoms with Gasteiger partial charge in [0, 0.05) is 0 Å². The van der Waals surface area contributed by atoms with Crippen LogP contribution in [0.2, 0.25) is 0 Å². The molecule has 0 aliphatic heterocycles. The Labute approximate surface area is 208 Å². The molecule has 7 heteroatoms. The Hall–Kier alpha value is -3.58. The second-order valence-corrected chi connectivity index (χ2v) is 10.1. The second-order valence-electron chi connectivity index (χ2n) is 9.06. The third-order valence-corrected chi connectivity index (χ3v) is 6.87. The number of para-hydroxylation sites is 1. The first-order valence-electron chi connectivity index (χ1n) is 11.6. The van der Waals surface area contributed by atoms with E-state index < -0.39 is 17.8 Å². The van der Waals surface area contributed by atoms with Crippen LogP contribution in [0.15, 0.2) is 72.8 Å². The number of thiazole rings is 1. The molecule has 3 aromatic carbocycles. The number of halogens is 1. The number of aromatic nitrogens is 1. The lowest BCUT2D eigenvalue weighted by Crippen LogP contribution is -2.50. The number of benzene rings is 3. The first-order chi connectivity index (χ1) is 16.8. The molecule has 4 aromatic rings. The molecule has 0 radical (unpaired) electrons. The SMILES string of the molecule is CC(C)c1ccc(N(C(=O)C(NC(=O)c2ccccc2F)C(C)C)c2nc3ccccc3s2)cc1. The number of anilines is 2. The van der Waals surface area contributed by atoms with Crippen molar-refractivity contribution in [2.24, 2.45) is 5.92 Å². The standard InChI is InChI=1S/C28H28FN3O2S/c1-17(2)19-13-15-20(16-14-19)32(28-30-23-11-7-8-12-24(23)35-28)27(34)25(18(3)4)31-26(33)21-9-5-6-10-22(21)29/h5-18,25H,1-4H3,(H,31,33). The van der Waals surface area contributed by atoms with Gasteiger partial charge in [-0.3, -0.25) is 14.5 Å². The van der Waals surface area contributed by atoms with Gasteiger partial charge in [-0.25, -0.2) is 9.37 Å². The van der Waals surface area contributed by atoms with Crippen LogP contribution >= 0.6 is 11.3 Å². The van der Waals surface area contributed by atoms with Gasteiger partial charge in [-0.05, 0) is 53.8 Å². The van der Waals surface area contributed by atoms with Crippen LogP contribution in [0.5, 0.6) is 0 Å². The maximum Gasteiger partial charge on any atom is 0.256 e. The quantitative estimate of drug-likeness (QED) is 0.315. The lowest BCUT2D eigenvalue weighted by Gasteiger charge is -2.28. The third-order valence-electron chi connectivity index (χ3n) is 5.85. The van der Waals surface area contributed by atoms with Gasteiger partial charge in [0.15, 0.2) is 5.13 Å². The van der Waals surface area contributed by atoms with E-state index in [2.05, 4.69) is 19.2 Å². The molecular formula is C28H28FN3O2S. The number of amides is 2. The fourth-order valence-electron chi connectivity index (χ4n) is 3.81. The molecule has 0 bridgehead atoms. The molecule has 2 amide bonds. The highest BCUT2D eigenvalue weighted by molar-refractivity contribution is 7.22. The van der Waals surface area contributed by atoms with E-state index in [4.69, 9.17) is 4.98 Å². The number of nitrogens with zero attached hydrogens (tertiary/aromatic N) is 2. The first-order valence-corrected chi connectivity index (χ1v) is 12.4. The van der Waals surface area contributed by atoms with E-state index in [1.165, 1.54) is 29.5 Å². The lowest BCUT2D eigenvalue weighted by atomic mass is 10.0.